The average molecular weight is 279 g/mol. The summed E-state index contributed by atoms with van der Waals surface area (Å²) in [6, 6.07) is 2.81. The van der Waals surface area contributed by atoms with Crippen molar-refractivity contribution in [2.45, 2.75) is 31.3 Å². The normalized spacial score (nSPS) is 27.9. The van der Waals surface area contributed by atoms with Gasteiger partial charge in [-0.25, -0.2) is 4.39 Å². The number of aliphatic carboxylic acids is 1. The standard InChI is InChI=1S/C14H14FNO4/c15-7-1-3-9(12(17)5-7)13(18)16-8-2-4-11(16)10(6-8)14(19)20/h1,3,5,8,10-11,17H,2,4,6H2,(H,19,20). The SMILES string of the molecule is O=C(O)C1CC2CCC1N2C(=O)c1ccc(F)cc1O. The van der Waals surface area contributed by atoms with Gasteiger partial charge in [0.05, 0.1) is 11.5 Å². The summed E-state index contributed by atoms with van der Waals surface area (Å²) in [5.74, 6) is -2.88. The zero-order chi connectivity index (χ0) is 14.4. The second-order valence-corrected chi connectivity index (χ2v) is 5.35. The van der Waals surface area contributed by atoms with Crippen LogP contribution in [0.2, 0.25) is 0 Å². The van der Waals surface area contributed by atoms with Crippen LogP contribution in [-0.4, -0.2) is 39.1 Å². The van der Waals surface area contributed by atoms with Gasteiger partial charge in [0.1, 0.15) is 11.6 Å². The molecule has 2 heterocycles. The minimum absolute atomic E-state index is 0.0225. The maximum atomic E-state index is 13.0. The molecule has 0 spiro atoms. The van der Waals surface area contributed by atoms with Crippen LogP contribution in [-0.2, 0) is 4.79 Å². The quantitative estimate of drug-likeness (QED) is 0.862. The molecule has 3 rings (SSSR count). The Labute approximate surface area is 114 Å². The van der Waals surface area contributed by atoms with Crippen LogP contribution in [0.25, 0.3) is 0 Å². The number of aromatic hydroxyl groups is 1. The van der Waals surface area contributed by atoms with E-state index in [4.69, 9.17) is 5.11 Å². The Balaban J connectivity index is 1.90. The van der Waals surface area contributed by atoms with Crippen molar-refractivity contribution in [3.63, 3.8) is 0 Å². The van der Waals surface area contributed by atoms with Gasteiger partial charge < -0.3 is 15.1 Å². The number of nitrogens with zero attached hydrogens (tertiary/aromatic N) is 1. The summed E-state index contributed by atoms with van der Waals surface area (Å²) in [6.07, 6.45) is 1.89. The van der Waals surface area contributed by atoms with Crippen molar-refractivity contribution in [1.29, 1.82) is 0 Å². The van der Waals surface area contributed by atoms with Crippen LogP contribution in [0.3, 0.4) is 0 Å². The fourth-order valence-electron chi connectivity index (χ4n) is 3.40. The summed E-state index contributed by atoms with van der Waals surface area (Å²) >= 11 is 0. The zero-order valence-corrected chi connectivity index (χ0v) is 10.6. The average Bonchev–Trinajstić information content (AvgIpc) is 2.95. The highest BCUT2D eigenvalue weighted by molar-refractivity contribution is 5.98. The molecule has 1 amide bonds. The largest absolute Gasteiger partial charge is 0.507 e. The Morgan fingerprint density at radius 3 is 2.65 bits per heavy atom. The first-order valence-electron chi connectivity index (χ1n) is 6.53. The van der Waals surface area contributed by atoms with Crippen molar-refractivity contribution in [1.82, 2.24) is 4.90 Å². The molecule has 1 aromatic rings. The molecule has 0 saturated carbocycles. The molecule has 0 aliphatic carbocycles. The number of rotatable bonds is 2. The van der Waals surface area contributed by atoms with Crippen molar-refractivity contribution in [2.24, 2.45) is 5.92 Å². The molecule has 0 aromatic heterocycles. The lowest BCUT2D eigenvalue weighted by atomic mass is 9.89. The Hall–Kier alpha value is -2.11. The number of hydrogen-bond acceptors (Lipinski definition) is 3. The third-order valence-electron chi connectivity index (χ3n) is 4.28. The number of hydrogen-bond donors (Lipinski definition) is 2. The summed E-state index contributed by atoms with van der Waals surface area (Å²) in [5, 5.41) is 18.8. The van der Waals surface area contributed by atoms with E-state index in [0.717, 1.165) is 18.6 Å². The van der Waals surface area contributed by atoms with Crippen LogP contribution in [0.1, 0.15) is 29.6 Å². The highest BCUT2D eigenvalue weighted by Crippen LogP contribution is 2.43. The molecule has 2 aliphatic rings. The fraction of sp³-hybridized carbons (Fsp3) is 0.429. The number of carboxylic acid groups (broad SMARTS) is 1. The van der Waals surface area contributed by atoms with E-state index in [9.17, 15) is 19.1 Å². The number of carbonyl (C=O) groups excluding carboxylic acids is 1. The highest BCUT2D eigenvalue weighted by atomic mass is 19.1. The molecule has 6 heteroatoms. The van der Waals surface area contributed by atoms with E-state index in [1.807, 2.05) is 0 Å². The van der Waals surface area contributed by atoms with Crippen molar-refractivity contribution >= 4 is 11.9 Å². The number of halogens is 1. The van der Waals surface area contributed by atoms with Gasteiger partial charge in [0.15, 0.2) is 0 Å². The molecular formula is C14H14FNO4. The molecule has 2 bridgehead atoms. The van der Waals surface area contributed by atoms with E-state index in [2.05, 4.69) is 0 Å². The molecule has 20 heavy (non-hydrogen) atoms. The van der Waals surface area contributed by atoms with Crippen LogP contribution in [0.15, 0.2) is 18.2 Å². The predicted molar refractivity (Wildman–Crippen MR) is 66.8 cm³/mol. The van der Waals surface area contributed by atoms with Gasteiger partial charge in [-0.3, -0.25) is 9.59 Å². The lowest BCUT2D eigenvalue weighted by Crippen LogP contribution is -2.37. The second kappa shape index (κ2) is 4.47. The topological polar surface area (TPSA) is 77.8 Å². The second-order valence-electron chi connectivity index (χ2n) is 5.35. The van der Waals surface area contributed by atoms with Gasteiger partial charge in [-0.2, -0.15) is 0 Å². The first-order chi connectivity index (χ1) is 9.49. The van der Waals surface area contributed by atoms with E-state index in [-0.39, 0.29) is 17.6 Å². The predicted octanol–water partition coefficient (Wildman–Crippen LogP) is 1.61. The molecule has 3 atom stereocenters. The summed E-state index contributed by atoms with van der Waals surface area (Å²) < 4.78 is 13.0. The molecule has 1 aromatic carbocycles. The van der Waals surface area contributed by atoms with Crippen LogP contribution in [0, 0.1) is 11.7 Å². The number of carbonyl (C=O) groups is 2. The highest BCUT2D eigenvalue weighted by Gasteiger charge is 2.51. The lowest BCUT2D eigenvalue weighted by Gasteiger charge is -2.23. The minimum Gasteiger partial charge on any atom is -0.507 e. The van der Waals surface area contributed by atoms with E-state index in [1.54, 1.807) is 4.90 Å². The summed E-state index contributed by atoms with van der Waals surface area (Å²) in [5.41, 5.74) is 0.0225. The van der Waals surface area contributed by atoms with Crippen LogP contribution in [0.4, 0.5) is 4.39 Å². The smallest absolute Gasteiger partial charge is 0.308 e. The van der Waals surface area contributed by atoms with Gasteiger partial charge in [-0.15, -0.1) is 0 Å². The fourth-order valence-corrected chi connectivity index (χ4v) is 3.40. The van der Waals surface area contributed by atoms with E-state index in [0.29, 0.717) is 12.8 Å². The number of benzene rings is 1. The molecule has 2 N–H and O–H groups in total. The van der Waals surface area contributed by atoms with Gasteiger partial charge >= 0.3 is 5.97 Å². The summed E-state index contributed by atoms with van der Waals surface area (Å²) in [6.45, 7) is 0. The van der Waals surface area contributed by atoms with E-state index >= 15 is 0 Å². The number of fused-ring (bicyclic) bond motifs is 2. The molecule has 106 valence electrons. The Bertz CT molecular complexity index is 589. The lowest BCUT2D eigenvalue weighted by molar-refractivity contribution is -0.142. The molecular weight excluding hydrogens is 265 g/mol. The zero-order valence-electron chi connectivity index (χ0n) is 10.6. The van der Waals surface area contributed by atoms with Gasteiger partial charge in [-0.05, 0) is 31.4 Å². The van der Waals surface area contributed by atoms with Crippen molar-refractivity contribution in [2.75, 3.05) is 0 Å². The third-order valence-corrected chi connectivity index (χ3v) is 4.28. The molecule has 5 nitrogen and oxygen atoms in total. The van der Waals surface area contributed by atoms with Crippen LogP contribution >= 0.6 is 0 Å². The van der Waals surface area contributed by atoms with E-state index in [1.165, 1.54) is 6.07 Å². The molecule has 2 saturated heterocycles. The number of carboxylic acids is 1. The minimum atomic E-state index is -0.890. The maximum Gasteiger partial charge on any atom is 0.308 e. The number of amides is 1. The van der Waals surface area contributed by atoms with Gasteiger partial charge in [-0.1, -0.05) is 0 Å². The Morgan fingerprint density at radius 1 is 1.30 bits per heavy atom. The van der Waals surface area contributed by atoms with Crippen molar-refractivity contribution in [3.8, 4) is 5.75 Å². The number of phenols is 1. The monoisotopic (exact) mass is 279 g/mol. The van der Waals surface area contributed by atoms with Crippen LogP contribution < -0.4 is 0 Å². The van der Waals surface area contributed by atoms with Crippen LogP contribution in [0.5, 0.6) is 5.75 Å². The molecule has 2 aliphatic heterocycles. The number of phenolic OH excluding ortho intramolecular Hbond substituents is 1. The van der Waals surface area contributed by atoms with Crippen molar-refractivity contribution in [3.05, 3.63) is 29.6 Å². The Kier molecular flexibility index (Phi) is 2.88. The third kappa shape index (κ3) is 1.83. The molecule has 3 unspecified atom stereocenters. The molecule has 2 fully saturated rings. The Morgan fingerprint density at radius 2 is 2.05 bits per heavy atom. The first-order valence-corrected chi connectivity index (χ1v) is 6.53. The summed E-state index contributed by atoms with van der Waals surface area (Å²) in [7, 11) is 0. The van der Waals surface area contributed by atoms with Gasteiger partial charge in [0.2, 0.25) is 0 Å². The molecule has 0 radical (unpaired) electrons. The van der Waals surface area contributed by atoms with Crippen molar-refractivity contribution < 1.29 is 24.2 Å². The first kappa shape index (κ1) is 12.9. The summed E-state index contributed by atoms with van der Waals surface area (Å²) in [4.78, 5) is 25.2. The van der Waals surface area contributed by atoms with Gasteiger partial charge in [0, 0.05) is 18.2 Å². The maximum absolute atomic E-state index is 13.0. The van der Waals surface area contributed by atoms with Gasteiger partial charge in [0.25, 0.3) is 5.91 Å². The van der Waals surface area contributed by atoms with E-state index < -0.39 is 29.4 Å².